The summed E-state index contributed by atoms with van der Waals surface area (Å²) in [7, 11) is 1.47. The maximum Gasteiger partial charge on any atom is 0.323 e. The van der Waals surface area contributed by atoms with Gasteiger partial charge >= 0.3 is 5.97 Å². The van der Waals surface area contributed by atoms with Crippen molar-refractivity contribution >= 4 is 11.9 Å². The van der Waals surface area contributed by atoms with Gasteiger partial charge in [-0.05, 0) is 25.2 Å². The van der Waals surface area contributed by atoms with E-state index in [4.69, 9.17) is 4.74 Å². The number of hydrogen-bond donors (Lipinski definition) is 1. The third-order valence-electron chi connectivity index (χ3n) is 4.60. The first-order valence-electron chi connectivity index (χ1n) is 7.77. The lowest BCUT2D eigenvalue weighted by Crippen LogP contribution is -2.57. The van der Waals surface area contributed by atoms with Crippen molar-refractivity contribution in [3.8, 4) is 0 Å². The van der Waals surface area contributed by atoms with Gasteiger partial charge in [0.25, 0.3) is 0 Å². The van der Waals surface area contributed by atoms with Gasteiger partial charge < -0.3 is 10.1 Å². The van der Waals surface area contributed by atoms with Gasteiger partial charge in [-0.2, -0.15) is 0 Å². The summed E-state index contributed by atoms with van der Waals surface area (Å²) < 4.78 is 4.97. The van der Waals surface area contributed by atoms with Crippen LogP contribution in [0.4, 0.5) is 0 Å². The van der Waals surface area contributed by atoms with Crippen molar-refractivity contribution in [3.05, 3.63) is 0 Å². The molecule has 2 fully saturated rings. The summed E-state index contributed by atoms with van der Waals surface area (Å²) in [4.78, 5) is 25.7. The monoisotopic (exact) mass is 282 g/mol. The Morgan fingerprint density at radius 3 is 3.00 bits per heavy atom. The highest BCUT2D eigenvalue weighted by Gasteiger charge is 2.37. The molecule has 114 valence electrons. The van der Waals surface area contributed by atoms with Gasteiger partial charge in [-0.25, -0.2) is 0 Å². The van der Waals surface area contributed by atoms with Crippen LogP contribution in [-0.4, -0.2) is 49.1 Å². The van der Waals surface area contributed by atoms with Crippen LogP contribution in [0.25, 0.3) is 0 Å². The minimum absolute atomic E-state index is 0.112. The molecule has 0 aliphatic carbocycles. The van der Waals surface area contributed by atoms with Crippen molar-refractivity contribution in [2.75, 3.05) is 20.2 Å². The summed E-state index contributed by atoms with van der Waals surface area (Å²) in [6.07, 6.45) is 5.50. The molecule has 5 nitrogen and oxygen atoms in total. The van der Waals surface area contributed by atoms with Crippen LogP contribution in [0.5, 0.6) is 0 Å². The quantitative estimate of drug-likeness (QED) is 0.773. The molecule has 2 saturated heterocycles. The van der Waals surface area contributed by atoms with Gasteiger partial charge in [-0.3, -0.25) is 14.5 Å². The van der Waals surface area contributed by atoms with Crippen LogP contribution in [0, 0.1) is 5.92 Å². The number of esters is 1. The van der Waals surface area contributed by atoms with Crippen LogP contribution >= 0.6 is 0 Å². The standard InChI is InChI=1S/C15H26N2O3/c1-3-4-5-13(15(19)20-2)17-9-8-12-11(10-17)6-7-14(18)16-12/h11-13H,3-10H2,1-2H3,(H,16,18). The van der Waals surface area contributed by atoms with Gasteiger partial charge in [0.15, 0.2) is 0 Å². The Bertz CT molecular complexity index is 359. The van der Waals surface area contributed by atoms with Gasteiger partial charge in [0, 0.05) is 25.6 Å². The fraction of sp³-hybridized carbons (Fsp3) is 0.867. The van der Waals surface area contributed by atoms with Crippen LogP contribution in [0.15, 0.2) is 0 Å². The Morgan fingerprint density at radius 1 is 1.50 bits per heavy atom. The maximum atomic E-state index is 12.0. The van der Waals surface area contributed by atoms with E-state index in [9.17, 15) is 9.59 Å². The number of hydrogen-bond acceptors (Lipinski definition) is 4. The van der Waals surface area contributed by atoms with Gasteiger partial charge in [-0.1, -0.05) is 19.8 Å². The van der Waals surface area contributed by atoms with E-state index in [1.54, 1.807) is 0 Å². The number of nitrogens with one attached hydrogen (secondary N) is 1. The predicted molar refractivity (Wildman–Crippen MR) is 76.2 cm³/mol. The Kier molecular flexibility index (Phi) is 5.40. The van der Waals surface area contributed by atoms with Crippen LogP contribution in [0.3, 0.4) is 0 Å². The molecule has 0 saturated carbocycles. The Hall–Kier alpha value is -1.10. The Morgan fingerprint density at radius 2 is 2.30 bits per heavy atom. The summed E-state index contributed by atoms with van der Waals surface area (Å²) in [5.41, 5.74) is 0. The summed E-state index contributed by atoms with van der Waals surface area (Å²) in [6, 6.07) is 0.190. The lowest BCUT2D eigenvalue weighted by molar-refractivity contribution is -0.149. The highest BCUT2D eigenvalue weighted by Crippen LogP contribution is 2.27. The maximum absolute atomic E-state index is 12.0. The molecule has 2 heterocycles. The minimum atomic E-state index is -0.114. The number of carbonyl (C=O) groups excluding carboxylic acids is 2. The first kappa shape index (κ1) is 15.3. The number of methoxy groups -OCH3 is 1. The molecule has 1 amide bonds. The van der Waals surface area contributed by atoms with Crippen LogP contribution < -0.4 is 5.32 Å². The number of unbranched alkanes of at least 4 members (excludes halogenated alkanes) is 1. The molecular formula is C15H26N2O3. The number of amides is 1. The molecule has 0 radical (unpaired) electrons. The number of likely N-dealkylation sites (tertiary alicyclic amines) is 1. The van der Waals surface area contributed by atoms with E-state index < -0.39 is 0 Å². The number of fused-ring (bicyclic) bond motifs is 1. The second kappa shape index (κ2) is 7.07. The van der Waals surface area contributed by atoms with Gasteiger partial charge in [0.2, 0.25) is 5.91 Å². The molecule has 1 N–H and O–H groups in total. The van der Waals surface area contributed by atoms with E-state index in [-0.39, 0.29) is 17.9 Å². The second-order valence-corrected chi connectivity index (χ2v) is 5.94. The molecule has 3 unspecified atom stereocenters. The van der Waals surface area contributed by atoms with Crippen LogP contribution in [-0.2, 0) is 14.3 Å². The summed E-state index contributed by atoms with van der Waals surface area (Å²) >= 11 is 0. The largest absolute Gasteiger partial charge is 0.468 e. The highest BCUT2D eigenvalue weighted by molar-refractivity contribution is 5.77. The third kappa shape index (κ3) is 3.51. The number of nitrogens with zero attached hydrogens (tertiary/aromatic N) is 1. The van der Waals surface area contributed by atoms with E-state index in [0.717, 1.165) is 45.2 Å². The molecule has 5 heteroatoms. The van der Waals surface area contributed by atoms with Crippen molar-refractivity contribution in [1.29, 1.82) is 0 Å². The van der Waals surface area contributed by atoms with E-state index >= 15 is 0 Å². The number of piperidine rings is 2. The van der Waals surface area contributed by atoms with Gasteiger partial charge in [0.05, 0.1) is 7.11 Å². The zero-order valence-electron chi connectivity index (χ0n) is 12.6. The van der Waals surface area contributed by atoms with E-state index in [1.165, 1.54) is 7.11 Å². The van der Waals surface area contributed by atoms with Crippen molar-refractivity contribution in [2.45, 2.75) is 57.5 Å². The van der Waals surface area contributed by atoms with Crippen LogP contribution in [0.2, 0.25) is 0 Å². The molecule has 3 atom stereocenters. The average Bonchev–Trinajstić information content (AvgIpc) is 2.47. The normalized spacial score (nSPS) is 28.4. The lowest BCUT2D eigenvalue weighted by Gasteiger charge is -2.43. The van der Waals surface area contributed by atoms with Gasteiger partial charge in [-0.15, -0.1) is 0 Å². The fourth-order valence-corrected chi connectivity index (χ4v) is 3.40. The van der Waals surface area contributed by atoms with E-state index in [0.29, 0.717) is 18.4 Å². The molecule has 0 aromatic carbocycles. The summed E-state index contributed by atoms with van der Waals surface area (Å²) in [5.74, 6) is 0.544. The van der Waals surface area contributed by atoms with E-state index in [2.05, 4.69) is 17.1 Å². The Balaban J connectivity index is 1.97. The smallest absolute Gasteiger partial charge is 0.323 e. The molecule has 0 spiro atoms. The molecule has 20 heavy (non-hydrogen) atoms. The third-order valence-corrected chi connectivity index (χ3v) is 4.60. The molecule has 0 bridgehead atoms. The second-order valence-electron chi connectivity index (χ2n) is 5.94. The molecular weight excluding hydrogens is 256 g/mol. The van der Waals surface area contributed by atoms with Crippen molar-refractivity contribution in [2.24, 2.45) is 5.92 Å². The molecule has 2 rings (SSSR count). The summed E-state index contributed by atoms with van der Waals surface area (Å²) in [6.45, 7) is 3.90. The van der Waals surface area contributed by atoms with Crippen molar-refractivity contribution in [3.63, 3.8) is 0 Å². The zero-order chi connectivity index (χ0) is 14.5. The van der Waals surface area contributed by atoms with Crippen molar-refractivity contribution < 1.29 is 14.3 Å². The molecule has 0 aromatic rings. The van der Waals surface area contributed by atoms with Gasteiger partial charge in [0.1, 0.15) is 6.04 Å². The number of ether oxygens (including phenoxy) is 1. The summed E-state index contributed by atoms with van der Waals surface area (Å²) in [5, 5.41) is 3.08. The minimum Gasteiger partial charge on any atom is -0.468 e. The first-order chi connectivity index (χ1) is 9.65. The lowest BCUT2D eigenvalue weighted by atomic mass is 9.84. The highest BCUT2D eigenvalue weighted by atomic mass is 16.5. The number of rotatable bonds is 5. The molecule has 2 aliphatic rings. The van der Waals surface area contributed by atoms with Crippen LogP contribution in [0.1, 0.15) is 45.4 Å². The SMILES string of the molecule is CCCCC(C(=O)OC)N1CCC2NC(=O)CCC2C1. The molecule has 0 aromatic heterocycles. The predicted octanol–water partition coefficient (Wildman–Crippen LogP) is 1.32. The first-order valence-corrected chi connectivity index (χ1v) is 7.77. The fourth-order valence-electron chi connectivity index (χ4n) is 3.40. The Labute approximate surface area is 121 Å². The zero-order valence-corrected chi connectivity index (χ0v) is 12.6. The number of carbonyl (C=O) groups is 2. The van der Waals surface area contributed by atoms with Crippen molar-refractivity contribution in [1.82, 2.24) is 10.2 Å². The topological polar surface area (TPSA) is 58.6 Å². The molecule has 2 aliphatic heterocycles. The average molecular weight is 282 g/mol. The van der Waals surface area contributed by atoms with E-state index in [1.807, 2.05) is 0 Å².